The Hall–Kier alpha value is -0.890. The monoisotopic (exact) mass is 247 g/mol. The molecule has 1 aromatic carbocycles. The number of hydrogen-bond acceptors (Lipinski definition) is 1. The summed E-state index contributed by atoms with van der Waals surface area (Å²) in [5.74, 6) is 0. The Morgan fingerprint density at radius 3 is 2.41 bits per heavy atom. The molecule has 0 N–H and O–H groups in total. The van der Waals surface area contributed by atoms with Crippen molar-refractivity contribution in [3.05, 3.63) is 35.9 Å². The molecule has 0 bridgehead atoms. The van der Waals surface area contributed by atoms with Crippen LogP contribution in [0.5, 0.6) is 0 Å². The topological polar surface area (TPSA) is 3.24 Å². The van der Waals surface area contributed by atoms with Gasteiger partial charge in [-0.3, -0.25) is 0 Å². The van der Waals surface area contributed by atoms with Crippen LogP contribution in [0.2, 0.25) is 0 Å². The largest absolute Gasteiger partial charge is 0.362 e. The molecule has 1 nitrogen and oxygen atoms in total. The fourth-order valence-corrected chi connectivity index (χ4v) is 2.48. The first-order valence-electron chi connectivity index (χ1n) is 6.33. The van der Waals surface area contributed by atoms with E-state index in [1.807, 2.05) is 0 Å². The van der Waals surface area contributed by atoms with Gasteiger partial charge in [-0.1, -0.05) is 63.3 Å². The van der Waals surface area contributed by atoms with Crippen molar-refractivity contribution in [3.8, 4) is 0 Å². The summed E-state index contributed by atoms with van der Waals surface area (Å²) in [5.41, 5.74) is 1.53. The van der Waals surface area contributed by atoms with Crippen molar-refractivity contribution >= 4 is 17.2 Å². The maximum absolute atomic E-state index is 5.58. The summed E-state index contributed by atoms with van der Waals surface area (Å²) in [6.45, 7) is 7.74. The minimum absolute atomic E-state index is 0.116. The second-order valence-corrected chi connectivity index (χ2v) is 6.27. The van der Waals surface area contributed by atoms with Crippen LogP contribution in [0.15, 0.2) is 30.3 Å². The normalized spacial score (nSPS) is 19.9. The molecule has 1 aliphatic heterocycles. The van der Waals surface area contributed by atoms with E-state index >= 15 is 0 Å². The Labute approximate surface area is 110 Å². The Bertz CT molecular complexity index is 391. The molecule has 1 saturated heterocycles. The van der Waals surface area contributed by atoms with Gasteiger partial charge in [0, 0.05) is 18.0 Å². The summed E-state index contributed by atoms with van der Waals surface area (Å²) >= 11 is 5.58. The molecule has 0 radical (unpaired) electrons. The van der Waals surface area contributed by atoms with E-state index in [1.54, 1.807) is 0 Å². The van der Waals surface area contributed by atoms with Gasteiger partial charge in [-0.05, 0) is 18.4 Å². The smallest absolute Gasteiger partial charge is 0.0836 e. The van der Waals surface area contributed by atoms with Gasteiger partial charge in [0.2, 0.25) is 0 Å². The molecule has 0 aliphatic carbocycles. The molecule has 1 aromatic rings. The lowest BCUT2D eigenvalue weighted by Crippen LogP contribution is -2.54. The molecule has 2 heteroatoms. The first-order chi connectivity index (χ1) is 7.98. The summed E-state index contributed by atoms with van der Waals surface area (Å²) in [6, 6.07) is 11.3. The maximum Gasteiger partial charge on any atom is 0.0836 e. The Morgan fingerprint density at radius 1 is 1.29 bits per heavy atom. The highest BCUT2D eigenvalue weighted by atomic mass is 32.1. The molecule has 1 fully saturated rings. The zero-order chi connectivity index (χ0) is 12.5. The lowest BCUT2D eigenvalue weighted by molar-refractivity contribution is 0.173. The van der Waals surface area contributed by atoms with Gasteiger partial charge in [-0.25, -0.2) is 0 Å². The van der Waals surface area contributed by atoms with Crippen LogP contribution in [0.1, 0.15) is 32.8 Å². The molecule has 1 aliphatic rings. The molecule has 1 atom stereocenters. The highest BCUT2D eigenvalue weighted by Gasteiger charge is 2.34. The van der Waals surface area contributed by atoms with Crippen molar-refractivity contribution in [2.24, 2.45) is 5.41 Å². The third-order valence-electron chi connectivity index (χ3n) is 3.36. The summed E-state index contributed by atoms with van der Waals surface area (Å²) in [4.78, 5) is 3.52. The number of nitrogens with zero attached hydrogens (tertiary/aromatic N) is 1. The van der Waals surface area contributed by atoms with Crippen LogP contribution in [0.3, 0.4) is 0 Å². The van der Waals surface area contributed by atoms with Crippen molar-refractivity contribution < 1.29 is 0 Å². The first-order valence-corrected chi connectivity index (χ1v) is 6.74. The first kappa shape index (κ1) is 12.6. The van der Waals surface area contributed by atoms with Gasteiger partial charge in [0.15, 0.2) is 0 Å². The van der Waals surface area contributed by atoms with Crippen molar-refractivity contribution in [2.45, 2.75) is 39.7 Å². The highest BCUT2D eigenvalue weighted by molar-refractivity contribution is 7.80. The van der Waals surface area contributed by atoms with Crippen LogP contribution in [-0.2, 0) is 6.42 Å². The van der Waals surface area contributed by atoms with Gasteiger partial charge >= 0.3 is 0 Å². The van der Waals surface area contributed by atoms with Crippen LogP contribution in [0.25, 0.3) is 0 Å². The Kier molecular flexibility index (Phi) is 3.53. The van der Waals surface area contributed by atoms with E-state index in [0.29, 0.717) is 6.04 Å². The standard InChI is InChI=1S/C15H21NS/c1-15(2,3)14(17)16-10-9-13(16)11-12-7-5-4-6-8-12/h4-8,13H,9-11H2,1-3H3. The maximum atomic E-state index is 5.58. The van der Waals surface area contributed by atoms with Gasteiger partial charge in [0.1, 0.15) is 0 Å². The molecule has 0 spiro atoms. The third kappa shape index (κ3) is 2.86. The van der Waals surface area contributed by atoms with Gasteiger partial charge in [0.05, 0.1) is 4.99 Å². The zero-order valence-electron chi connectivity index (χ0n) is 10.9. The minimum atomic E-state index is 0.116. The predicted molar refractivity (Wildman–Crippen MR) is 77.3 cm³/mol. The average Bonchev–Trinajstić information content (AvgIpc) is 2.24. The highest BCUT2D eigenvalue weighted by Crippen LogP contribution is 2.29. The average molecular weight is 247 g/mol. The lowest BCUT2D eigenvalue weighted by Gasteiger charge is -2.46. The zero-order valence-corrected chi connectivity index (χ0v) is 11.8. The van der Waals surface area contributed by atoms with E-state index in [1.165, 1.54) is 12.0 Å². The van der Waals surface area contributed by atoms with Gasteiger partial charge in [-0.15, -0.1) is 0 Å². The predicted octanol–water partition coefficient (Wildman–Crippen LogP) is 3.68. The number of likely N-dealkylation sites (tertiary alicyclic amines) is 1. The van der Waals surface area contributed by atoms with Gasteiger partial charge in [-0.2, -0.15) is 0 Å². The molecule has 1 unspecified atom stereocenters. The molecule has 0 amide bonds. The summed E-state index contributed by atoms with van der Waals surface area (Å²) in [7, 11) is 0. The SMILES string of the molecule is CC(C)(C)C(=S)N1CCC1Cc1ccccc1. The number of hydrogen-bond donors (Lipinski definition) is 0. The Morgan fingerprint density at radius 2 is 1.94 bits per heavy atom. The number of rotatable bonds is 2. The molecular weight excluding hydrogens is 226 g/mol. The van der Waals surface area contributed by atoms with Crippen molar-refractivity contribution in [1.82, 2.24) is 4.90 Å². The molecule has 92 valence electrons. The van der Waals surface area contributed by atoms with Crippen molar-refractivity contribution in [1.29, 1.82) is 0 Å². The van der Waals surface area contributed by atoms with Crippen molar-refractivity contribution in [2.75, 3.05) is 6.54 Å². The molecule has 0 saturated carbocycles. The Balaban J connectivity index is 1.98. The number of thiocarbonyl (C=S) groups is 1. The molecule has 2 rings (SSSR count). The van der Waals surface area contributed by atoms with Crippen LogP contribution in [-0.4, -0.2) is 22.5 Å². The molecule has 17 heavy (non-hydrogen) atoms. The molecule has 1 heterocycles. The summed E-state index contributed by atoms with van der Waals surface area (Å²) in [5, 5.41) is 0. The van der Waals surface area contributed by atoms with E-state index in [-0.39, 0.29) is 5.41 Å². The quantitative estimate of drug-likeness (QED) is 0.734. The van der Waals surface area contributed by atoms with E-state index in [9.17, 15) is 0 Å². The van der Waals surface area contributed by atoms with Crippen LogP contribution in [0, 0.1) is 5.41 Å². The van der Waals surface area contributed by atoms with E-state index < -0.39 is 0 Å². The van der Waals surface area contributed by atoms with Gasteiger partial charge < -0.3 is 4.90 Å². The van der Waals surface area contributed by atoms with Crippen molar-refractivity contribution in [3.63, 3.8) is 0 Å². The molecule has 0 aromatic heterocycles. The van der Waals surface area contributed by atoms with Crippen LogP contribution >= 0.6 is 12.2 Å². The fourth-order valence-electron chi connectivity index (χ4n) is 2.24. The summed E-state index contributed by atoms with van der Waals surface area (Å²) in [6.07, 6.45) is 2.39. The summed E-state index contributed by atoms with van der Waals surface area (Å²) < 4.78 is 0. The fraction of sp³-hybridized carbons (Fsp3) is 0.533. The van der Waals surface area contributed by atoms with Gasteiger partial charge in [0.25, 0.3) is 0 Å². The lowest BCUT2D eigenvalue weighted by atomic mass is 9.89. The minimum Gasteiger partial charge on any atom is -0.362 e. The second-order valence-electron chi connectivity index (χ2n) is 5.88. The van der Waals surface area contributed by atoms with Crippen LogP contribution < -0.4 is 0 Å². The number of benzene rings is 1. The molecular formula is C15H21NS. The third-order valence-corrected chi connectivity index (χ3v) is 4.21. The van der Waals surface area contributed by atoms with Crippen LogP contribution in [0.4, 0.5) is 0 Å². The van der Waals surface area contributed by atoms with E-state index in [0.717, 1.165) is 18.0 Å². The van der Waals surface area contributed by atoms with E-state index in [4.69, 9.17) is 12.2 Å². The second kappa shape index (κ2) is 4.77. The van der Waals surface area contributed by atoms with E-state index in [2.05, 4.69) is 56.0 Å².